The van der Waals surface area contributed by atoms with Gasteiger partial charge in [-0.05, 0) is 18.4 Å². The molecule has 0 amide bonds. The van der Waals surface area contributed by atoms with Gasteiger partial charge in [0.2, 0.25) is 0 Å². The van der Waals surface area contributed by atoms with Crippen LogP contribution in [-0.4, -0.2) is 13.6 Å². The number of likely N-dealkylation sites (N-methyl/N-ethyl adjacent to an activating group) is 1. The summed E-state index contributed by atoms with van der Waals surface area (Å²) < 4.78 is 0. The monoisotopic (exact) mass is 110 g/mol. The molecule has 0 fully saturated rings. The van der Waals surface area contributed by atoms with Crippen LogP contribution in [0.4, 0.5) is 0 Å². The molecule has 2 nitrogen and oxygen atoms in total. The molecule has 0 atom stereocenters. The average Bonchev–Trinajstić information content (AvgIpc) is 1.90. The van der Waals surface area contributed by atoms with E-state index < -0.39 is 0 Å². The van der Waals surface area contributed by atoms with Crippen molar-refractivity contribution in [3.8, 4) is 0 Å². The van der Waals surface area contributed by atoms with Gasteiger partial charge in [0, 0.05) is 19.3 Å². The molecule has 0 aromatic carbocycles. The summed E-state index contributed by atoms with van der Waals surface area (Å²) in [5.41, 5.74) is 1.18. The molecule has 1 aliphatic rings. The van der Waals surface area contributed by atoms with Gasteiger partial charge in [-0.3, -0.25) is 0 Å². The molecule has 0 aromatic heterocycles. The standard InChI is InChI=1S/C6H10N2/c1-7-6-2-4-8-5-3-6/h2-4,7-8H,5H2,1H3. The summed E-state index contributed by atoms with van der Waals surface area (Å²) in [6, 6.07) is 0. The highest BCUT2D eigenvalue weighted by molar-refractivity contribution is 5.19. The fraction of sp³-hybridized carbons (Fsp3) is 0.333. The lowest BCUT2D eigenvalue weighted by molar-refractivity contribution is 0.912. The maximum Gasteiger partial charge on any atom is 0.0348 e. The molecule has 0 aliphatic carbocycles. The molecule has 1 aliphatic heterocycles. The molecule has 44 valence electrons. The molecule has 1 heterocycles. The number of hydrogen-bond donors (Lipinski definition) is 2. The first-order chi connectivity index (χ1) is 3.93. The van der Waals surface area contributed by atoms with E-state index in [0.717, 1.165) is 6.54 Å². The number of hydrogen-bond acceptors (Lipinski definition) is 2. The van der Waals surface area contributed by atoms with Gasteiger partial charge in [0.15, 0.2) is 0 Å². The fourth-order valence-electron chi connectivity index (χ4n) is 0.639. The summed E-state index contributed by atoms with van der Waals surface area (Å²) in [7, 11) is 1.92. The number of dihydropyridines is 1. The van der Waals surface area contributed by atoms with Gasteiger partial charge in [-0.1, -0.05) is 0 Å². The molecule has 0 saturated heterocycles. The minimum Gasteiger partial charge on any atom is -0.388 e. The van der Waals surface area contributed by atoms with Crippen LogP contribution in [0.15, 0.2) is 24.0 Å². The summed E-state index contributed by atoms with van der Waals surface area (Å²) in [6.45, 7) is 0.937. The Morgan fingerprint density at radius 2 is 2.62 bits per heavy atom. The lowest BCUT2D eigenvalue weighted by Crippen LogP contribution is -2.14. The van der Waals surface area contributed by atoms with E-state index in [0.29, 0.717) is 0 Å². The Balaban J connectivity index is 2.51. The van der Waals surface area contributed by atoms with Crippen molar-refractivity contribution in [2.75, 3.05) is 13.6 Å². The summed E-state index contributed by atoms with van der Waals surface area (Å²) in [5, 5.41) is 6.09. The molecular weight excluding hydrogens is 100 g/mol. The average molecular weight is 110 g/mol. The fourth-order valence-corrected chi connectivity index (χ4v) is 0.639. The Hall–Kier alpha value is -0.920. The first-order valence-electron chi connectivity index (χ1n) is 2.71. The summed E-state index contributed by atoms with van der Waals surface area (Å²) in [6.07, 6.45) is 6.04. The van der Waals surface area contributed by atoms with Gasteiger partial charge in [0.1, 0.15) is 0 Å². The highest BCUT2D eigenvalue weighted by Gasteiger charge is 1.88. The van der Waals surface area contributed by atoms with E-state index in [1.807, 2.05) is 19.3 Å². The van der Waals surface area contributed by atoms with Gasteiger partial charge in [-0.15, -0.1) is 0 Å². The molecular formula is C6H10N2. The Bertz CT molecular complexity index is 124. The third-order valence-corrected chi connectivity index (χ3v) is 1.11. The van der Waals surface area contributed by atoms with Crippen molar-refractivity contribution in [1.82, 2.24) is 10.6 Å². The van der Waals surface area contributed by atoms with Gasteiger partial charge in [0.25, 0.3) is 0 Å². The van der Waals surface area contributed by atoms with E-state index in [1.165, 1.54) is 5.70 Å². The van der Waals surface area contributed by atoms with Crippen LogP contribution in [0.5, 0.6) is 0 Å². The van der Waals surface area contributed by atoms with E-state index in [2.05, 4.69) is 16.7 Å². The van der Waals surface area contributed by atoms with Crippen molar-refractivity contribution in [3.63, 3.8) is 0 Å². The van der Waals surface area contributed by atoms with Gasteiger partial charge >= 0.3 is 0 Å². The van der Waals surface area contributed by atoms with Gasteiger partial charge in [-0.25, -0.2) is 0 Å². The molecule has 0 spiro atoms. The summed E-state index contributed by atoms with van der Waals surface area (Å²) in [4.78, 5) is 0. The minimum atomic E-state index is 0.937. The minimum absolute atomic E-state index is 0.937. The van der Waals surface area contributed by atoms with Gasteiger partial charge in [0.05, 0.1) is 0 Å². The predicted octanol–water partition coefficient (Wildman–Crippen LogP) is 0.207. The number of allylic oxidation sites excluding steroid dienone is 1. The Morgan fingerprint density at radius 1 is 1.75 bits per heavy atom. The van der Waals surface area contributed by atoms with Crippen LogP contribution >= 0.6 is 0 Å². The van der Waals surface area contributed by atoms with Crippen LogP contribution in [0.1, 0.15) is 0 Å². The zero-order valence-electron chi connectivity index (χ0n) is 4.94. The molecule has 1 rings (SSSR count). The van der Waals surface area contributed by atoms with Crippen LogP contribution in [0, 0.1) is 0 Å². The molecule has 2 heteroatoms. The van der Waals surface area contributed by atoms with Gasteiger partial charge < -0.3 is 10.6 Å². The highest BCUT2D eigenvalue weighted by Crippen LogP contribution is 1.91. The summed E-state index contributed by atoms with van der Waals surface area (Å²) >= 11 is 0. The van der Waals surface area contributed by atoms with Crippen molar-refractivity contribution in [1.29, 1.82) is 0 Å². The largest absolute Gasteiger partial charge is 0.388 e. The van der Waals surface area contributed by atoms with Crippen molar-refractivity contribution in [2.45, 2.75) is 0 Å². The quantitative estimate of drug-likeness (QED) is 0.504. The lowest BCUT2D eigenvalue weighted by Gasteiger charge is -2.05. The first-order valence-corrected chi connectivity index (χ1v) is 2.71. The third-order valence-electron chi connectivity index (χ3n) is 1.11. The lowest BCUT2D eigenvalue weighted by atomic mass is 10.3. The van der Waals surface area contributed by atoms with E-state index in [4.69, 9.17) is 0 Å². The second-order valence-electron chi connectivity index (χ2n) is 1.65. The maximum absolute atomic E-state index is 3.05. The summed E-state index contributed by atoms with van der Waals surface area (Å²) in [5.74, 6) is 0. The molecule has 0 aromatic rings. The molecule has 0 saturated carbocycles. The van der Waals surface area contributed by atoms with Crippen molar-refractivity contribution >= 4 is 0 Å². The van der Waals surface area contributed by atoms with Gasteiger partial charge in [-0.2, -0.15) is 0 Å². The van der Waals surface area contributed by atoms with Crippen molar-refractivity contribution in [3.05, 3.63) is 24.0 Å². The second-order valence-corrected chi connectivity index (χ2v) is 1.65. The molecule has 8 heavy (non-hydrogen) atoms. The predicted molar refractivity (Wildman–Crippen MR) is 34.3 cm³/mol. The van der Waals surface area contributed by atoms with Crippen molar-refractivity contribution in [2.24, 2.45) is 0 Å². The van der Waals surface area contributed by atoms with Crippen molar-refractivity contribution < 1.29 is 0 Å². The van der Waals surface area contributed by atoms with E-state index in [-0.39, 0.29) is 0 Å². The first kappa shape index (κ1) is 5.22. The normalized spacial score (nSPS) is 16.9. The SMILES string of the molecule is CNC1=CCNC=C1. The third kappa shape index (κ3) is 1.03. The smallest absolute Gasteiger partial charge is 0.0348 e. The second kappa shape index (κ2) is 2.40. The van der Waals surface area contributed by atoms with Crippen LogP contribution in [0.2, 0.25) is 0 Å². The number of nitrogens with one attached hydrogen (secondary N) is 2. The molecule has 0 bridgehead atoms. The van der Waals surface area contributed by atoms with Crippen LogP contribution in [0.3, 0.4) is 0 Å². The van der Waals surface area contributed by atoms with Crippen LogP contribution < -0.4 is 10.6 Å². The van der Waals surface area contributed by atoms with Crippen LogP contribution in [-0.2, 0) is 0 Å². The van der Waals surface area contributed by atoms with E-state index in [1.54, 1.807) is 0 Å². The zero-order chi connectivity index (χ0) is 5.82. The Kier molecular flexibility index (Phi) is 1.57. The van der Waals surface area contributed by atoms with Crippen LogP contribution in [0.25, 0.3) is 0 Å². The van der Waals surface area contributed by atoms with E-state index in [9.17, 15) is 0 Å². The number of rotatable bonds is 1. The molecule has 0 radical (unpaired) electrons. The maximum atomic E-state index is 3.05. The highest BCUT2D eigenvalue weighted by atomic mass is 14.9. The zero-order valence-corrected chi connectivity index (χ0v) is 4.94. The molecule has 2 N–H and O–H groups in total. The van der Waals surface area contributed by atoms with E-state index >= 15 is 0 Å². The Labute approximate surface area is 49.3 Å². The molecule has 0 unspecified atom stereocenters. The Morgan fingerprint density at radius 3 is 3.00 bits per heavy atom. The topological polar surface area (TPSA) is 24.1 Å².